The van der Waals surface area contributed by atoms with Crippen molar-refractivity contribution in [2.24, 2.45) is 0 Å². The van der Waals surface area contributed by atoms with Gasteiger partial charge in [-0.1, -0.05) is 0 Å². The second-order valence-corrected chi connectivity index (χ2v) is 4.52. The Morgan fingerprint density at radius 2 is 0.298 bits per heavy atom. The highest BCUT2D eigenvalue weighted by Crippen LogP contribution is 2.31. The van der Waals surface area contributed by atoms with Crippen molar-refractivity contribution in [3.63, 3.8) is 0 Å². The maximum absolute atomic E-state index is 5.16. The summed E-state index contributed by atoms with van der Waals surface area (Å²) >= 11 is 0. The third-order valence-electron chi connectivity index (χ3n) is 1.23. The summed E-state index contributed by atoms with van der Waals surface area (Å²) in [4.78, 5) is 0. The van der Waals surface area contributed by atoms with Crippen molar-refractivity contribution in [2.75, 3.05) is 32.2 Å². The number of hydrogen-bond donors (Lipinski definition) is 0. The first-order chi connectivity index (χ1) is 3.39. The zero-order valence-electron chi connectivity index (χ0n) is 4.68. The largest absolute Gasteiger partial charge is 0.381 e. The second-order valence-electron chi connectivity index (χ2n) is 1.92. The Balaban J connectivity index is -0.000000000322. The van der Waals surface area contributed by atoms with Crippen molar-refractivity contribution in [2.45, 2.75) is 0 Å². The summed E-state index contributed by atoms with van der Waals surface area (Å²) in [5, 5.41) is 0. The highest BCUT2D eigenvalue weighted by Gasteiger charge is 2.05. The average Bonchev–Trinajstić information content (AvgIpc) is 1.69. The van der Waals surface area contributed by atoms with Crippen LogP contribution in [0.4, 0.5) is 0 Å². The Morgan fingerprint density at radius 1 is 0.213 bits per heavy atom. The maximum Gasteiger partial charge on any atom is 0.0814 e. The van der Waals surface area contributed by atoms with Crippen LogP contribution in [0.15, 0.2) is 0 Å². The lowest BCUT2D eigenvalue weighted by atomic mass is 10.8. The molecule has 0 aromatic carbocycles. The molecule has 0 bridgehead atoms. The smallest absolute Gasteiger partial charge is 0.0814 e. The van der Waals surface area contributed by atoms with E-state index >= 15 is 0 Å². The fourth-order valence-electron chi connectivity index (χ4n) is 0.655. The quantitative estimate of drug-likeness (QED) is 0.184. The lowest BCUT2D eigenvalue weighted by Gasteiger charge is -2.17. The first-order valence-electron chi connectivity index (χ1n) is 2.66. The van der Waals surface area contributed by atoms with Crippen LogP contribution in [0.25, 0.3) is 0 Å². The molecule has 0 aliphatic carbocycles. The van der Waals surface area contributed by atoms with Crippen LogP contribution in [0, 0.1) is 0 Å². The van der Waals surface area contributed by atoms with E-state index in [1.807, 2.05) is 0 Å². The average molecular weight is 672 g/mol. The topological polar surface area (TPSA) is 9.23 Å². The van der Waals surface area contributed by atoms with Gasteiger partial charge in [0.15, 0.2) is 0 Å². The predicted octanol–water partition coefficient (Wildman–Crippen LogP) is -46.2. The molecule has 0 unspecified atom stereocenters. The van der Waals surface area contributed by atoms with Crippen LogP contribution in [0.3, 0.4) is 0 Å². The fourth-order valence-corrected chi connectivity index (χ4v) is 1.76. The third-order valence-corrected chi connectivity index (χ3v) is 3.13. The highest BCUT2D eigenvalue weighted by atomic mass is 31.1. The molecule has 0 atom stereocenters. The summed E-state index contributed by atoms with van der Waals surface area (Å²) in [6.45, 7) is 4.38. The molecule has 1 heterocycles. The van der Waals surface area contributed by atoms with E-state index in [0.717, 1.165) is 13.2 Å². The molecule has 1 nitrogen and oxygen atoms in total. The Bertz CT molecular complexity index is 78.6. The van der Waals surface area contributed by atoms with E-state index in [4.69, 9.17) is 4.74 Å². The minimum atomic E-state index is 0. The predicted molar refractivity (Wildman–Crippen MR) is 431 cm³/mol. The van der Waals surface area contributed by atoms with Crippen molar-refractivity contribution in [1.29, 1.82) is 0 Å². The highest BCUT2D eigenvalue weighted by molar-refractivity contribution is 7.56. The Labute approximate surface area is 379 Å². The molecule has 282 valence electrons. The van der Waals surface area contributed by atoms with Crippen LogP contribution in [0.1, 0.15) is 0 Å². The maximum atomic E-state index is 5.16. The van der Waals surface area contributed by atoms with Gasteiger partial charge in [-0.05, 0) is 19.0 Å². The second kappa shape index (κ2) is 934. The van der Waals surface area contributed by atoms with Gasteiger partial charge in [0.25, 0.3) is 0 Å². The third kappa shape index (κ3) is 896. The van der Waals surface area contributed by atoms with Gasteiger partial charge in [0.1, 0.15) is 0 Å². The molecule has 0 N–H and O–H groups in total. The van der Waals surface area contributed by atoms with E-state index in [-0.39, 0.29) is 337 Å². The van der Waals surface area contributed by atoms with Crippen LogP contribution >= 0.6 is 7.92 Å². The molecule has 0 aromatic heterocycles. The lowest BCUT2D eigenvalue weighted by Crippen LogP contribution is -2.11. The molecule has 42 heteroatoms. The molecule has 0 amide bonds. The first kappa shape index (κ1) is 1200. The van der Waals surface area contributed by atoms with E-state index in [0.29, 0.717) is 7.92 Å². The fraction of sp³-hybridized carbons (Fsp3) is 1.00. The summed E-state index contributed by atoms with van der Waals surface area (Å²) in [6.07, 6.45) is 2.66. The molecule has 0 aromatic rings. The van der Waals surface area contributed by atoms with Crippen molar-refractivity contribution < 1.29 is 4.74 Å². The van der Waals surface area contributed by atoms with E-state index in [1.165, 1.54) is 12.3 Å². The van der Waals surface area contributed by atoms with Crippen LogP contribution in [-0.4, -0.2) is 369 Å². The van der Waals surface area contributed by atoms with Crippen molar-refractivity contribution >= 4 is 344 Å². The molecule has 1 rings (SSSR count). The molecule has 1 saturated heterocycles. The van der Waals surface area contributed by atoms with Crippen molar-refractivity contribution in [3.05, 3.63) is 0 Å². The van der Waals surface area contributed by atoms with Gasteiger partial charge in [-0.15, -0.1) is 7.92 Å². The van der Waals surface area contributed by atoms with Gasteiger partial charge in [-0.3, -0.25) is 0 Å². The molecule has 1 aliphatic rings. The van der Waals surface area contributed by atoms with E-state index < -0.39 is 0 Å². The van der Waals surface area contributed by atoms with Gasteiger partial charge in [-0.2, -0.15) is 0 Å². The molecule has 1 fully saturated rings. The zero-order valence-corrected chi connectivity index (χ0v) is 5.58. The molecule has 1 aliphatic heterocycles. The summed E-state index contributed by atoms with van der Waals surface area (Å²) < 4.78 is 5.16. The van der Waals surface area contributed by atoms with Crippen LogP contribution in [0.5, 0.6) is 0 Å². The normalized spacial score (nSPS) is 3.77. The minimum absolute atomic E-state index is 0. The van der Waals surface area contributed by atoms with E-state index in [9.17, 15) is 0 Å². The summed E-state index contributed by atoms with van der Waals surface area (Å²) in [5.41, 5.74) is 0. The van der Waals surface area contributed by atoms with Crippen molar-refractivity contribution in [3.8, 4) is 0 Å². The molecule has 47 heavy (non-hydrogen) atoms. The molecular formula is C5H131B40OP. The molecule has 0 spiro atoms. The van der Waals surface area contributed by atoms with Gasteiger partial charge in [0.2, 0.25) is 0 Å². The van der Waals surface area contributed by atoms with Gasteiger partial charge in [-0.25, -0.2) is 0 Å². The van der Waals surface area contributed by atoms with Crippen LogP contribution < -0.4 is 0 Å². The van der Waals surface area contributed by atoms with E-state index in [2.05, 4.69) is 6.66 Å². The molecular weight excluding hydrogens is 540 g/mol. The molecule has 0 saturated carbocycles. The van der Waals surface area contributed by atoms with Gasteiger partial charge < -0.3 is 4.74 Å². The van der Waals surface area contributed by atoms with Gasteiger partial charge >= 0.3 is 0 Å². The lowest BCUT2D eigenvalue weighted by molar-refractivity contribution is 0.158. The van der Waals surface area contributed by atoms with Crippen LogP contribution in [-0.2, 0) is 4.74 Å². The Morgan fingerprint density at radius 3 is 0.340 bits per heavy atom. The molecule has 0 radical (unpaired) electrons. The SMILES string of the molecule is B.B.B.B.B.B.B.B.B.B.B.B.B.B.B.B.B.B.B.B.B.B.B.B.B.B.B.B.B.B.B.B.B.B.B.B.B.B.B.B.CP1CCOCC1. The minimum Gasteiger partial charge on any atom is -0.381 e. The summed E-state index contributed by atoms with van der Waals surface area (Å²) in [5.74, 6) is 0. The van der Waals surface area contributed by atoms with Gasteiger partial charge in [0.05, 0.1) is 350 Å². The number of hydrogen-bond acceptors (Lipinski definition) is 1. The summed E-state index contributed by atoms with van der Waals surface area (Å²) in [6, 6.07) is 0. The zero-order chi connectivity index (χ0) is 5.11. The number of rotatable bonds is 0. The Hall–Kier alpha value is 2.99. The first-order valence-corrected chi connectivity index (χ1v) is 4.82. The van der Waals surface area contributed by atoms with Crippen LogP contribution in [0.2, 0.25) is 0 Å². The number of ether oxygens (including phenoxy) is 1. The van der Waals surface area contributed by atoms with Crippen molar-refractivity contribution in [1.82, 2.24) is 0 Å². The monoisotopic (exact) mass is 679 g/mol. The van der Waals surface area contributed by atoms with Gasteiger partial charge in [0, 0.05) is 0 Å². The standard InChI is InChI=1S/C5H11OP.40BH3/c1-7-4-2-6-3-5-7;;;;;;;;;;;;;;;;;;;;;;;;;;;;;;;;;;;;;;;;/h2-5H2,1H3;40*1H3. The summed E-state index contributed by atoms with van der Waals surface area (Å²) in [7, 11) is 0.383. The Kier molecular flexibility index (Phi) is 23900. The van der Waals surface area contributed by atoms with E-state index in [1.54, 1.807) is 0 Å².